The van der Waals surface area contributed by atoms with Gasteiger partial charge in [-0.1, -0.05) is 145 Å². The molecule has 4 heterocycles. The van der Waals surface area contributed by atoms with Gasteiger partial charge >= 0.3 is 16.8 Å². The van der Waals surface area contributed by atoms with Crippen molar-refractivity contribution in [2.45, 2.75) is 13.8 Å². The van der Waals surface area contributed by atoms with Crippen molar-refractivity contribution >= 4 is 35.0 Å². The monoisotopic (exact) mass is 985 g/mol. The number of carbonyl (C=O) groups is 2. The number of ketones is 2. The normalized spacial score (nSPS) is 10.1. The van der Waals surface area contributed by atoms with Gasteiger partial charge in [0, 0.05) is 46.0 Å². The van der Waals surface area contributed by atoms with E-state index in [4.69, 9.17) is 20.9 Å². The van der Waals surface area contributed by atoms with E-state index < -0.39 is 0 Å². The third kappa shape index (κ3) is 19.0. The summed E-state index contributed by atoms with van der Waals surface area (Å²) >= 11 is 0. The molecule has 0 atom stereocenters. The molecule has 0 saturated heterocycles. The summed E-state index contributed by atoms with van der Waals surface area (Å²) in [7, 11) is 3.17. The minimum atomic E-state index is -0.264. The van der Waals surface area contributed by atoms with Crippen LogP contribution < -0.4 is 31.2 Å². The fourth-order valence-electron chi connectivity index (χ4n) is 5.76. The van der Waals surface area contributed by atoms with Crippen molar-refractivity contribution in [2.75, 3.05) is 25.7 Å². The smallest absolute Gasteiger partial charge is 0.872 e. The van der Waals surface area contributed by atoms with Crippen LogP contribution in [0.3, 0.4) is 0 Å². The Morgan fingerprint density at radius 1 is 0.479 bits per heavy atom. The number of nitrogens with two attached hydrogens (primary N) is 2. The molecular weight excluding hydrogens is 940 g/mol. The average molecular weight is 986 g/mol. The molecule has 8 aromatic rings. The number of anilines is 2. The number of nitrogen functional groups attached to an aromatic ring is 2. The van der Waals surface area contributed by atoms with Gasteiger partial charge in [0.2, 0.25) is 11.9 Å². The fraction of sp³-hybridized carbons (Fsp3) is 0.0714. The van der Waals surface area contributed by atoms with E-state index in [0.29, 0.717) is 45.1 Å². The molecule has 1 radical (unpaired) electrons. The first kappa shape index (κ1) is 54.2. The van der Waals surface area contributed by atoms with Crippen LogP contribution in [0.1, 0.15) is 65.7 Å². The zero-order valence-electron chi connectivity index (χ0n) is 38.9. The number of benzene rings is 4. The average Bonchev–Trinajstić information content (AvgIpc) is 3.38. The van der Waals surface area contributed by atoms with Crippen LogP contribution in [-0.2, 0) is 16.8 Å². The minimum Gasteiger partial charge on any atom is -0.872 e. The van der Waals surface area contributed by atoms with Crippen LogP contribution in [0.15, 0.2) is 183 Å². The number of aromatic nitrogens is 6. The maximum atomic E-state index is 11.8. The van der Waals surface area contributed by atoms with Gasteiger partial charge in [-0.3, -0.25) is 19.6 Å². The van der Waals surface area contributed by atoms with E-state index in [0.717, 1.165) is 34.7 Å². The number of rotatable bonds is 8. The summed E-state index contributed by atoms with van der Waals surface area (Å²) in [6.45, 7) is 3.69. The van der Waals surface area contributed by atoms with E-state index in [1.807, 2.05) is 38.1 Å². The molecule has 71 heavy (non-hydrogen) atoms. The van der Waals surface area contributed by atoms with E-state index >= 15 is 0 Å². The Balaban J connectivity index is 0.000000205. The van der Waals surface area contributed by atoms with Gasteiger partial charge in [0.05, 0.1) is 26.6 Å². The zero-order valence-corrected chi connectivity index (χ0v) is 40.0. The minimum absolute atomic E-state index is 0. The number of hydrogen-bond donors (Lipinski definition) is 2. The van der Waals surface area contributed by atoms with Gasteiger partial charge in [-0.2, -0.15) is 0 Å². The molecule has 4 N–H and O–H groups in total. The quantitative estimate of drug-likeness (QED) is 0.0685. The Morgan fingerprint density at radius 2 is 0.803 bits per heavy atom. The molecule has 0 aliphatic rings. The first-order valence-corrected chi connectivity index (χ1v) is 21.2. The molecule has 0 saturated carbocycles. The molecule has 0 unspecified atom stereocenters. The molecule has 0 bridgehead atoms. The predicted octanol–water partition coefficient (Wildman–Crippen LogP) is 6.88. The fourth-order valence-corrected chi connectivity index (χ4v) is 5.76. The second kappa shape index (κ2) is 28.7. The summed E-state index contributed by atoms with van der Waals surface area (Å²) in [6, 6.07) is 42.2. The molecule has 0 fully saturated rings. The molecule has 0 aliphatic heterocycles. The van der Waals surface area contributed by atoms with Gasteiger partial charge in [-0.05, 0) is 73.2 Å². The van der Waals surface area contributed by atoms with Crippen LogP contribution in [0, 0.1) is 37.5 Å². The number of allylic oxidation sites excluding steroid dienone is 2. The van der Waals surface area contributed by atoms with Gasteiger partial charge in [0.1, 0.15) is 22.9 Å². The number of carbonyl (C=O) groups excluding carboxylic acids is 2. The summed E-state index contributed by atoms with van der Waals surface area (Å²) in [5.41, 5.74) is 17.5. The van der Waals surface area contributed by atoms with Crippen LogP contribution in [0.25, 0.3) is 11.5 Å². The third-order valence-corrected chi connectivity index (χ3v) is 9.07. The molecule has 0 aliphatic carbocycles. The van der Waals surface area contributed by atoms with Crippen LogP contribution >= 0.6 is 0 Å². The number of methoxy groups -OCH3 is 2. The maximum Gasteiger partial charge on any atom is 2.00 e. The second-order valence-corrected chi connectivity index (χ2v) is 14.4. The summed E-state index contributed by atoms with van der Waals surface area (Å²) < 4.78 is 10.1. The van der Waals surface area contributed by atoms with Crippen molar-refractivity contribution in [1.82, 2.24) is 29.9 Å². The number of pyridine rings is 2. The summed E-state index contributed by atoms with van der Waals surface area (Å²) in [6.07, 6.45) is 8.82. The van der Waals surface area contributed by atoms with E-state index in [-0.39, 0.29) is 51.8 Å². The zero-order chi connectivity index (χ0) is 50.1. The van der Waals surface area contributed by atoms with Crippen molar-refractivity contribution in [2.24, 2.45) is 0 Å². The molecule has 4 aromatic carbocycles. The molecular formula is C56H46CoN8O6. The molecule has 15 heteroatoms. The van der Waals surface area contributed by atoms with Crippen LogP contribution in [0.4, 0.5) is 11.9 Å². The largest absolute Gasteiger partial charge is 2.00 e. The van der Waals surface area contributed by atoms with Crippen molar-refractivity contribution in [3.8, 4) is 35.2 Å². The number of ether oxygens (including phenoxy) is 2. The van der Waals surface area contributed by atoms with E-state index in [1.54, 1.807) is 160 Å². The van der Waals surface area contributed by atoms with Crippen molar-refractivity contribution in [3.05, 3.63) is 239 Å². The second-order valence-electron chi connectivity index (χ2n) is 14.4. The Labute approximate surface area is 422 Å². The Morgan fingerprint density at radius 3 is 1.11 bits per heavy atom. The summed E-state index contributed by atoms with van der Waals surface area (Å²) in [5.74, 6) is 12.5. The molecule has 355 valence electrons. The molecule has 8 rings (SSSR count). The van der Waals surface area contributed by atoms with E-state index in [1.165, 1.54) is 0 Å². The van der Waals surface area contributed by atoms with E-state index in [9.17, 15) is 19.8 Å². The predicted molar refractivity (Wildman–Crippen MR) is 266 cm³/mol. The third-order valence-electron chi connectivity index (χ3n) is 9.07. The Hall–Kier alpha value is -9.41. The first-order valence-electron chi connectivity index (χ1n) is 21.2. The molecule has 0 amide bonds. The first-order chi connectivity index (χ1) is 33.9. The van der Waals surface area contributed by atoms with Crippen molar-refractivity contribution < 1.29 is 46.1 Å². The van der Waals surface area contributed by atoms with Gasteiger partial charge < -0.3 is 31.2 Å². The van der Waals surface area contributed by atoms with Gasteiger partial charge in [-0.25, -0.2) is 19.9 Å². The Bertz CT molecular complexity index is 2930. The number of nitrogens with zero attached hydrogens (tertiary/aromatic N) is 6. The van der Waals surface area contributed by atoms with E-state index in [2.05, 4.69) is 53.6 Å². The molecule has 4 aromatic heterocycles. The van der Waals surface area contributed by atoms with Crippen molar-refractivity contribution in [3.63, 3.8) is 0 Å². The van der Waals surface area contributed by atoms with Crippen LogP contribution in [0.5, 0.6) is 11.5 Å². The number of hydrogen-bond acceptors (Lipinski definition) is 14. The van der Waals surface area contributed by atoms with Crippen molar-refractivity contribution in [1.29, 1.82) is 0 Å². The SMILES string of the molecule is COc1cncc(C#Cc2cc(C)nc(N)n2)c1.COc1cncc(C#Cc2cc(C)nc(N)n2)c1.O=C(/C=C(\[O-])c1ccccc1)c1ccccc1.O=C(/C=C(\[O-])c1ccccc1)c1ccccc1.[Co+2]. The van der Waals surface area contributed by atoms with Gasteiger partial charge in [0.25, 0.3) is 0 Å². The van der Waals surface area contributed by atoms with Gasteiger partial charge in [0.15, 0.2) is 11.6 Å². The molecule has 0 spiro atoms. The summed E-state index contributed by atoms with van der Waals surface area (Å²) in [4.78, 5) is 47.6. The molecule has 14 nitrogen and oxygen atoms in total. The standard InChI is InChI=1S/2C15H12O2.2C13H12N4O.Co/c2*16-14(12-7-3-1-4-8-12)11-15(17)13-9-5-2-6-10-13;2*1-9-5-11(17-13(14)16-9)4-3-10-6-12(18-2)8-15-7-10;/h2*1-11,16H;2*5-8H,1-2H3,(H2,14,16,17);/q;;;;+2/p-2/b2*14-11-;;;. The van der Waals surface area contributed by atoms with Gasteiger partial charge in [-0.15, -0.1) is 0 Å². The Kier molecular flexibility index (Phi) is 21.9. The topological polar surface area (TPSA) is 228 Å². The summed E-state index contributed by atoms with van der Waals surface area (Å²) in [5, 5.41) is 23.5. The maximum absolute atomic E-state index is 11.8. The van der Waals surface area contributed by atoms with Crippen LogP contribution in [0.2, 0.25) is 0 Å². The number of aryl methyl sites for hydroxylation is 2. The van der Waals surface area contributed by atoms with Crippen LogP contribution in [-0.4, -0.2) is 55.7 Å².